The molecule has 4 rings (SSSR count). The number of pyridine rings is 1. The maximum atomic E-state index is 12.7. The third-order valence-corrected chi connectivity index (χ3v) is 4.33. The molecular formula is C19H15ClN6O. The molecule has 7 nitrogen and oxygen atoms in total. The number of carbonyl (C=O) groups is 1. The average Bonchev–Trinajstić information content (AvgIpc) is 3.13. The van der Waals surface area contributed by atoms with Gasteiger partial charge in [-0.25, -0.2) is 9.50 Å². The van der Waals surface area contributed by atoms with E-state index in [1.54, 1.807) is 47.4 Å². The summed E-state index contributed by atoms with van der Waals surface area (Å²) in [6.07, 6.45) is 6.73. The van der Waals surface area contributed by atoms with E-state index >= 15 is 0 Å². The summed E-state index contributed by atoms with van der Waals surface area (Å²) in [7, 11) is 1.89. The number of nitrogens with one attached hydrogen (secondary N) is 1. The monoisotopic (exact) mass is 378 g/mol. The number of halogens is 1. The van der Waals surface area contributed by atoms with Crippen molar-refractivity contribution in [1.29, 1.82) is 0 Å². The Labute approximate surface area is 160 Å². The minimum absolute atomic E-state index is 0.291. The molecule has 3 heterocycles. The molecular weight excluding hydrogens is 364 g/mol. The number of fused-ring (bicyclic) bond motifs is 1. The van der Waals surface area contributed by atoms with E-state index in [2.05, 4.69) is 20.4 Å². The first kappa shape index (κ1) is 17.0. The van der Waals surface area contributed by atoms with E-state index in [9.17, 15) is 4.79 Å². The van der Waals surface area contributed by atoms with Crippen LogP contribution in [-0.2, 0) is 0 Å². The van der Waals surface area contributed by atoms with Crippen LogP contribution in [-0.4, -0.2) is 32.5 Å². The third kappa shape index (κ3) is 3.45. The van der Waals surface area contributed by atoms with Crippen molar-refractivity contribution in [3.63, 3.8) is 0 Å². The molecule has 0 spiro atoms. The number of aromatic nitrogens is 4. The van der Waals surface area contributed by atoms with Crippen LogP contribution < -0.4 is 10.2 Å². The highest BCUT2D eigenvalue weighted by Gasteiger charge is 2.16. The molecule has 0 saturated heterocycles. The summed E-state index contributed by atoms with van der Waals surface area (Å²) in [5.41, 5.74) is 2.38. The standard InChI is InChI=1S/C19H15ClN6O/c1-25(15-3-2-9-21-11-15)17-8-10-26-18(24-17)16(12-22-26)19(27)23-14-6-4-13(20)5-7-14/h2-12H,1H3,(H,23,27). The van der Waals surface area contributed by atoms with Crippen molar-refractivity contribution in [2.45, 2.75) is 0 Å². The van der Waals surface area contributed by atoms with Crippen LogP contribution in [0.4, 0.5) is 17.2 Å². The first-order valence-corrected chi connectivity index (χ1v) is 8.55. The Bertz CT molecular complexity index is 1090. The van der Waals surface area contributed by atoms with Gasteiger partial charge in [0.05, 0.1) is 18.1 Å². The summed E-state index contributed by atoms with van der Waals surface area (Å²) in [5.74, 6) is 0.387. The number of anilines is 3. The number of nitrogens with zero attached hydrogens (tertiary/aromatic N) is 5. The van der Waals surface area contributed by atoms with E-state index in [1.807, 2.05) is 30.1 Å². The van der Waals surface area contributed by atoms with Crippen LogP contribution >= 0.6 is 11.6 Å². The van der Waals surface area contributed by atoms with Gasteiger partial charge in [0.2, 0.25) is 0 Å². The maximum Gasteiger partial charge on any atom is 0.261 e. The lowest BCUT2D eigenvalue weighted by Crippen LogP contribution is -2.14. The number of carbonyl (C=O) groups excluding carboxylic acids is 1. The molecule has 0 aliphatic heterocycles. The van der Waals surface area contributed by atoms with E-state index in [0.29, 0.717) is 27.7 Å². The minimum Gasteiger partial charge on any atom is -0.328 e. The number of amides is 1. The van der Waals surface area contributed by atoms with Gasteiger partial charge in [-0.1, -0.05) is 11.6 Å². The molecule has 0 atom stereocenters. The number of hydrogen-bond donors (Lipinski definition) is 1. The van der Waals surface area contributed by atoms with Crippen molar-refractivity contribution < 1.29 is 4.79 Å². The molecule has 8 heteroatoms. The van der Waals surface area contributed by atoms with Gasteiger partial charge in [-0.15, -0.1) is 0 Å². The van der Waals surface area contributed by atoms with Crippen LogP contribution in [0.2, 0.25) is 5.02 Å². The zero-order valence-corrected chi connectivity index (χ0v) is 15.1. The SMILES string of the molecule is CN(c1cccnc1)c1ccn2ncc(C(=O)Nc3ccc(Cl)cc3)c2n1. The topological polar surface area (TPSA) is 75.4 Å². The molecule has 4 aromatic rings. The highest BCUT2D eigenvalue weighted by molar-refractivity contribution is 6.30. The van der Waals surface area contributed by atoms with E-state index in [4.69, 9.17) is 11.6 Å². The largest absolute Gasteiger partial charge is 0.328 e. The Morgan fingerprint density at radius 3 is 2.70 bits per heavy atom. The quantitative estimate of drug-likeness (QED) is 0.584. The molecule has 1 aromatic carbocycles. The molecule has 0 aliphatic rings. The Balaban J connectivity index is 1.65. The van der Waals surface area contributed by atoms with Crippen LogP contribution in [0.25, 0.3) is 5.65 Å². The van der Waals surface area contributed by atoms with Gasteiger partial charge in [0.1, 0.15) is 11.4 Å². The number of benzene rings is 1. The second-order valence-corrected chi connectivity index (χ2v) is 6.28. The number of hydrogen-bond acceptors (Lipinski definition) is 5. The summed E-state index contributed by atoms with van der Waals surface area (Å²) in [6, 6.07) is 12.5. The van der Waals surface area contributed by atoms with Crippen LogP contribution in [0.5, 0.6) is 0 Å². The van der Waals surface area contributed by atoms with Crippen LogP contribution in [0, 0.1) is 0 Å². The van der Waals surface area contributed by atoms with Crippen molar-refractivity contribution in [1.82, 2.24) is 19.6 Å². The predicted octanol–water partition coefficient (Wildman–Crippen LogP) is 3.80. The molecule has 27 heavy (non-hydrogen) atoms. The lowest BCUT2D eigenvalue weighted by atomic mass is 10.2. The first-order chi connectivity index (χ1) is 13.1. The van der Waals surface area contributed by atoms with Gasteiger partial charge in [-0.3, -0.25) is 9.78 Å². The molecule has 1 N–H and O–H groups in total. The molecule has 0 unspecified atom stereocenters. The van der Waals surface area contributed by atoms with Crippen molar-refractivity contribution in [3.8, 4) is 0 Å². The molecule has 0 bridgehead atoms. The minimum atomic E-state index is -0.291. The third-order valence-electron chi connectivity index (χ3n) is 4.08. The molecule has 0 saturated carbocycles. The van der Waals surface area contributed by atoms with Gasteiger partial charge in [0.15, 0.2) is 5.65 Å². The fraction of sp³-hybridized carbons (Fsp3) is 0.0526. The highest BCUT2D eigenvalue weighted by atomic mass is 35.5. The normalized spacial score (nSPS) is 10.7. The molecule has 0 fully saturated rings. The van der Waals surface area contributed by atoms with Gasteiger partial charge in [0.25, 0.3) is 5.91 Å². The maximum absolute atomic E-state index is 12.7. The van der Waals surface area contributed by atoms with Crippen molar-refractivity contribution in [3.05, 3.63) is 77.8 Å². The van der Waals surface area contributed by atoms with E-state index in [1.165, 1.54) is 6.20 Å². The Morgan fingerprint density at radius 2 is 1.96 bits per heavy atom. The summed E-state index contributed by atoms with van der Waals surface area (Å²) < 4.78 is 1.57. The zero-order chi connectivity index (χ0) is 18.8. The van der Waals surface area contributed by atoms with E-state index < -0.39 is 0 Å². The second-order valence-electron chi connectivity index (χ2n) is 5.84. The highest BCUT2D eigenvalue weighted by Crippen LogP contribution is 2.22. The molecule has 0 aliphatic carbocycles. The molecule has 134 valence electrons. The van der Waals surface area contributed by atoms with Crippen LogP contribution in [0.3, 0.4) is 0 Å². The molecule has 0 radical (unpaired) electrons. The Morgan fingerprint density at radius 1 is 1.15 bits per heavy atom. The van der Waals surface area contributed by atoms with E-state index in [-0.39, 0.29) is 5.91 Å². The first-order valence-electron chi connectivity index (χ1n) is 8.17. The van der Waals surface area contributed by atoms with Crippen molar-refractivity contribution >= 4 is 40.3 Å². The average molecular weight is 379 g/mol. The van der Waals surface area contributed by atoms with Gasteiger partial charge in [-0.05, 0) is 42.5 Å². The summed E-state index contributed by atoms with van der Waals surface area (Å²) in [5, 5.41) is 7.64. The van der Waals surface area contributed by atoms with Crippen LogP contribution in [0.1, 0.15) is 10.4 Å². The predicted molar refractivity (Wildman–Crippen MR) is 105 cm³/mol. The fourth-order valence-corrected chi connectivity index (χ4v) is 2.75. The smallest absolute Gasteiger partial charge is 0.261 e. The Hall–Kier alpha value is -3.45. The second kappa shape index (κ2) is 7.05. The summed E-state index contributed by atoms with van der Waals surface area (Å²) in [6.45, 7) is 0. The lowest BCUT2D eigenvalue weighted by molar-refractivity contribution is 0.102. The van der Waals surface area contributed by atoms with Gasteiger partial charge in [-0.2, -0.15) is 5.10 Å². The van der Waals surface area contributed by atoms with Crippen molar-refractivity contribution in [2.75, 3.05) is 17.3 Å². The molecule has 1 amide bonds. The van der Waals surface area contributed by atoms with Crippen molar-refractivity contribution in [2.24, 2.45) is 0 Å². The Kier molecular flexibility index (Phi) is 4.43. The molecule has 3 aromatic heterocycles. The fourth-order valence-electron chi connectivity index (χ4n) is 2.62. The van der Waals surface area contributed by atoms with Gasteiger partial charge >= 0.3 is 0 Å². The summed E-state index contributed by atoms with van der Waals surface area (Å²) in [4.78, 5) is 23.3. The number of rotatable bonds is 4. The summed E-state index contributed by atoms with van der Waals surface area (Å²) >= 11 is 5.88. The lowest BCUT2D eigenvalue weighted by Gasteiger charge is -2.17. The zero-order valence-electron chi connectivity index (χ0n) is 14.4. The van der Waals surface area contributed by atoms with E-state index in [0.717, 1.165) is 5.69 Å². The van der Waals surface area contributed by atoms with Gasteiger partial charge < -0.3 is 10.2 Å². The van der Waals surface area contributed by atoms with Gasteiger partial charge in [0, 0.05) is 30.2 Å². The van der Waals surface area contributed by atoms with Crippen LogP contribution in [0.15, 0.2) is 67.3 Å².